The first-order valence-electron chi connectivity index (χ1n) is 11.0. The topological polar surface area (TPSA) is 165 Å². The fraction of sp³-hybridized carbons (Fsp3) is 0.208. The molecule has 184 valence electrons. The van der Waals surface area contributed by atoms with E-state index < -0.39 is 30.3 Å². The number of carboxylic acids is 1. The highest BCUT2D eigenvalue weighted by molar-refractivity contribution is 5.90. The van der Waals surface area contributed by atoms with Gasteiger partial charge in [0.25, 0.3) is 0 Å². The monoisotopic (exact) mass is 489 g/mol. The lowest BCUT2D eigenvalue weighted by atomic mass is 10.1. The van der Waals surface area contributed by atoms with Crippen molar-refractivity contribution in [1.29, 1.82) is 0 Å². The summed E-state index contributed by atoms with van der Waals surface area (Å²) >= 11 is 0. The Bertz CT molecular complexity index is 1320. The number of carbonyl (C=O) groups excluding carboxylic acids is 2. The number of hydrogen-bond donors (Lipinski definition) is 3. The summed E-state index contributed by atoms with van der Waals surface area (Å²) in [4.78, 5) is 43.7. The lowest BCUT2D eigenvalue weighted by molar-refractivity contribution is -0.139. The summed E-state index contributed by atoms with van der Waals surface area (Å²) in [6.45, 7) is -0.341. The number of alkyl carbamates (subject to hydrolysis) is 1. The molecule has 4 aromatic rings. The van der Waals surface area contributed by atoms with Crippen molar-refractivity contribution in [1.82, 2.24) is 35.5 Å². The Labute approximate surface area is 205 Å². The minimum atomic E-state index is -1.31. The number of aromatic nitrogens is 6. The van der Waals surface area contributed by atoms with Crippen molar-refractivity contribution in [2.24, 2.45) is 0 Å². The molecular weight excluding hydrogens is 466 g/mol. The predicted octanol–water partition coefficient (Wildman–Crippen LogP) is 1.99. The zero-order valence-corrected chi connectivity index (χ0v) is 19.1. The van der Waals surface area contributed by atoms with Gasteiger partial charge in [0.1, 0.15) is 25.0 Å². The largest absolute Gasteiger partial charge is 0.481 e. The average molecular weight is 489 g/mol. The van der Waals surface area contributed by atoms with E-state index in [0.29, 0.717) is 18.1 Å². The number of Topliss-reactive ketones (excluding diaryl/α,β-unsaturated/α-hetero) is 1. The van der Waals surface area contributed by atoms with Crippen LogP contribution in [0.4, 0.5) is 4.79 Å². The van der Waals surface area contributed by atoms with Gasteiger partial charge >= 0.3 is 12.1 Å². The van der Waals surface area contributed by atoms with Crippen LogP contribution in [-0.2, 0) is 33.9 Å². The number of rotatable bonds is 11. The van der Waals surface area contributed by atoms with Gasteiger partial charge in [-0.25, -0.2) is 14.5 Å². The number of tetrazole rings is 1. The Morgan fingerprint density at radius 1 is 1.08 bits per heavy atom. The van der Waals surface area contributed by atoms with E-state index in [1.807, 2.05) is 30.3 Å². The van der Waals surface area contributed by atoms with Crippen molar-refractivity contribution >= 4 is 17.8 Å². The van der Waals surface area contributed by atoms with E-state index >= 15 is 0 Å². The molecule has 4 rings (SSSR count). The summed E-state index contributed by atoms with van der Waals surface area (Å²) in [7, 11) is 0. The summed E-state index contributed by atoms with van der Waals surface area (Å²) in [5.41, 5.74) is 2.52. The van der Waals surface area contributed by atoms with Gasteiger partial charge in [0.2, 0.25) is 0 Å². The summed E-state index contributed by atoms with van der Waals surface area (Å²) in [5.74, 6) is -0.704. The van der Waals surface area contributed by atoms with E-state index in [4.69, 9.17) is 4.74 Å². The fourth-order valence-corrected chi connectivity index (χ4v) is 3.49. The summed E-state index contributed by atoms with van der Waals surface area (Å²) in [6.07, 6.45) is 2.21. The highest BCUT2D eigenvalue weighted by atomic mass is 16.5. The number of aliphatic carboxylic acids is 1. The molecule has 12 nitrogen and oxygen atoms in total. The van der Waals surface area contributed by atoms with Crippen LogP contribution in [0.3, 0.4) is 0 Å². The molecule has 0 aliphatic heterocycles. The molecule has 0 aliphatic rings. The van der Waals surface area contributed by atoms with Crippen LogP contribution >= 0.6 is 0 Å². The van der Waals surface area contributed by atoms with Crippen molar-refractivity contribution in [2.45, 2.75) is 32.0 Å². The van der Waals surface area contributed by atoms with Gasteiger partial charge in [-0.3, -0.25) is 9.59 Å². The summed E-state index contributed by atoms with van der Waals surface area (Å²) in [5, 5.41) is 23.1. The zero-order chi connectivity index (χ0) is 25.3. The number of amides is 1. The van der Waals surface area contributed by atoms with Crippen LogP contribution in [-0.4, -0.2) is 59.2 Å². The molecular formula is C24H23N7O5. The Balaban J connectivity index is 1.40. The van der Waals surface area contributed by atoms with Gasteiger partial charge < -0.3 is 20.1 Å². The minimum absolute atomic E-state index is 0.0190. The maximum absolute atomic E-state index is 12.9. The highest BCUT2D eigenvalue weighted by Gasteiger charge is 2.26. The summed E-state index contributed by atoms with van der Waals surface area (Å²) in [6, 6.07) is 15.3. The lowest BCUT2D eigenvalue weighted by Crippen LogP contribution is -2.44. The third-order valence-electron chi connectivity index (χ3n) is 5.24. The van der Waals surface area contributed by atoms with Crippen LogP contribution in [0.25, 0.3) is 11.4 Å². The van der Waals surface area contributed by atoms with Crippen molar-refractivity contribution < 1.29 is 24.2 Å². The van der Waals surface area contributed by atoms with Crippen LogP contribution in [0.2, 0.25) is 0 Å². The Morgan fingerprint density at radius 2 is 1.89 bits per heavy atom. The number of ketones is 1. The zero-order valence-electron chi connectivity index (χ0n) is 19.1. The maximum Gasteiger partial charge on any atom is 0.408 e. The van der Waals surface area contributed by atoms with Gasteiger partial charge in [-0.15, -0.1) is 5.10 Å². The average Bonchev–Trinajstić information content (AvgIpc) is 3.56. The third kappa shape index (κ3) is 6.59. The molecule has 36 heavy (non-hydrogen) atoms. The van der Waals surface area contributed by atoms with Crippen LogP contribution in [0.1, 0.15) is 23.4 Å². The molecule has 1 atom stereocenters. The molecule has 2 aromatic heterocycles. The molecule has 0 radical (unpaired) electrons. The molecule has 2 heterocycles. The van der Waals surface area contributed by atoms with Crippen molar-refractivity contribution in [3.8, 4) is 11.4 Å². The molecule has 1 unspecified atom stereocenters. The van der Waals surface area contributed by atoms with Crippen LogP contribution in [0, 0.1) is 0 Å². The van der Waals surface area contributed by atoms with Gasteiger partial charge in [-0.1, -0.05) is 48.5 Å². The second kappa shape index (κ2) is 11.5. The molecule has 0 fully saturated rings. The molecule has 0 bridgehead atoms. The van der Waals surface area contributed by atoms with E-state index in [2.05, 4.69) is 30.8 Å². The molecule has 0 saturated heterocycles. The van der Waals surface area contributed by atoms with Gasteiger partial charge in [-0.2, -0.15) is 0 Å². The van der Waals surface area contributed by atoms with Crippen molar-refractivity contribution in [2.75, 3.05) is 0 Å². The van der Waals surface area contributed by atoms with E-state index in [-0.39, 0.29) is 13.2 Å². The number of imidazole rings is 1. The van der Waals surface area contributed by atoms with E-state index in [1.54, 1.807) is 36.7 Å². The molecule has 12 heteroatoms. The molecule has 3 N–H and O–H groups in total. The second-order valence-electron chi connectivity index (χ2n) is 7.89. The smallest absolute Gasteiger partial charge is 0.408 e. The number of aromatic amines is 1. The van der Waals surface area contributed by atoms with Gasteiger partial charge in [0.05, 0.1) is 6.42 Å². The highest BCUT2D eigenvalue weighted by Crippen LogP contribution is 2.17. The summed E-state index contributed by atoms with van der Waals surface area (Å²) < 4.78 is 6.41. The number of ether oxygens (including phenoxy) is 1. The second-order valence-corrected chi connectivity index (χ2v) is 7.89. The number of nitrogens with one attached hydrogen (secondary N) is 2. The molecule has 0 spiro atoms. The minimum Gasteiger partial charge on any atom is -0.481 e. The Hall–Kier alpha value is -4.87. The molecule has 1 amide bonds. The Morgan fingerprint density at radius 3 is 2.64 bits per heavy atom. The first-order valence-corrected chi connectivity index (χ1v) is 11.0. The third-order valence-corrected chi connectivity index (χ3v) is 5.24. The number of hydrogen-bond acceptors (Lipinski definition) is 8. The maximum atomic E-state index is 12.9. The molecule has 0 aliphatic carbocycles. The number of nitrogens with zero attached hydrogens (tertiary/aromatic N) is 5. The van der Waals surface area contributed by atoms with E-state index in [1.165, 1.54) is 4.68 Å². The normalized spacial score (nSPS) is 11.6. The van der Waals surface area contributed by atoms with Gasteiger partial charge in [0, 0.05) is 24.4 Å². The number of carbonyl (C=O) groups is 3. The van der Waals surface area contributed by atoms with Crippen LogP contribution in [0.5, 0.6) is 0 Å². The van der Waals surface area contributed by atoms with E-state index in [9.17, 15) is 19.5 Å². The first kappa shape index (κ1) is 24.3. The Kier molecular flexibility index (Phi) is 7.76. The van der Waals surface area contributed by atoms with Crippen LogP contribution < -0.4 is 5.32 Å². The number of H-pyrrole nitrogens is 1. The van der Waals surface area contributed by atoms with Gasteiger partial charge in [0.15, 0.2) is 11.6 Å². The standard InChI is InChI=1S/C24H23N7O5/c32-20(19(13-22(33)34)27-24(35)36-15-16-5-2-1-3-6-16)14-31-21(28-29-30-31)12-17-7-4-8-18(11-17)23-25-9-10-26-23/h1-11,19H,12-15H2,(H,25,26)(H,27,35)(H,33,34). The number of benzene rings is 2. The SMILES string of the molecule is O=C(O)CC(NC(=O)OCc1ccccc1)C(=O)Cn1nnnc1Cc1cccc(-c2ncc[nH]2)c1. The quantitative estimate of drug-likeness (QED) is 0.286. The van der Waals surface area contributed by atoms with Crippen molar-refractivity contribution in [3.05, 3.63) is 83.9 Å². The van der Waals surface area contributed by atoms with E-state index in [0.717, 1.165) is 16.7 Å². The molecule has 0 saturated carbocycles. The lowest BCUT2D eigenvalue weighted by Gasteiger charge is -2.16. The van der Waals surface area contributed by atoms with Crippen molar-refractivity contribution in [3.63, 3.8) is 0 Å². The fourth-order valence-electron chi connectivity index (χ4n) is 3.49. The predicted molar refractivity (Wildman–Crippen MR) is 125 cm³/mol. The number of carboxylic acid groups (broad SMARTS) is 1. The first-order chi connectivity index (χ1) is 17.5. The van der Waals surface area contributed by atoms with Crippen LogP contribution in [0.15, 0.2) is 67.0 Å². The van der Waals surface area contributed by atoms with Gasteiger partial charge in [-0.05, 0) is 27.6 Å². The molecule has 2 aromatic carbocycles.